The summed E-state index contributed by atoms with van der Waals surface area (Å²) in [5, 5.41) is 0. The molecule has 2 heteroatoms. The van der Waals surface area contributed by atoms with E-state index in [9.17, 15) is 0 Å². The lowest BCUT2D eigenvalue weighted by molar-refractivity contribution is 1.57. The van der Waals surface area contributed by atoms with Gasteiger partial charge in [0.15, 0.2) is 0 Å². The van der Waals surface area contributed by atoms with E-state index in [4.69, 9.17) is 11.6 Å². The van der Waals surface area contributed by atoms with Gasteiger partial charge in [0.1, 0.15) is 0 Å². The van der Waals surface area contributed by atoms with E-state index < -0.39 is 0 Å². The number of hydrogen-bond donors (Lipinski definition) is 0. The molecule has 1 heterocycles. The molecule has 0 radical (unpaired) electrons. The Bertz CT molecular complexity index is 1580. The molecule has 0 amide bonds. The fraction of sp³-hybridized carbons (Fsp3) is 0. The molecule has 172 valence electrons. The molecule has 0 aliphatic heterocycles. The summed E-state index contributed by atoms with van der Waals surface area (Å²) in [6.45, 7) is 0. The molecule has 6 rings (SSSR count). The molecule has 0 unspecified atom stereocenters. The van der Waals surface area contributed by atoms with Gasteiger partial charge in [-0.1, -0.05) is 139 Å². The van der Waals surface area contributed by atoms with Crippen molar-refractivity contribution in [2.24, 2.45) is 0 Å². The summed E-state index contributed by atoms with van der Waals surface area (Å²) >= 11 is 7.69. The van der Waals surface area contributed by atoms with Crippen LogP contribution in [-0.4, -0.2) is 0 Å². The van der Waals surface area contributed by atoms with Crippen molar-refractivity contribution < 1.29 is 0 Å². The first-order chi connectivity index (χ1) is 17.7. The smallest absolute Gasteiger partial charge is 0.0934 e. The monoisotopic (exact) mass is 498 g/mol. The highest BCUT2D eigenvalue weighted by atomic mass is 35.5. The van der Waals surface area contributed by atoms with Crippen LogP contribution in [-0.2, 0) is 0 Å². The zero-order valence-corrected chi connectivity index (χ0v) is 21.1. The van der Waals surface area contributed by atoms with Gasteiger partial charge in [-0.2, -0.15) is 0 Å². The Morgan fingerprint density at radius 2 is 0.611 bits per heavy atom. The summed E-state index contributed by atoms with van der Waals surface area (Å²) in [7, 11) is 0. The van der Waals surface area contributed by atoms with Crippen LogP contribution in [0.25, 0.3) is 54.9 Å². The first-order valence-electron chi connectivity index (χ1n) is 12.0. The summed E-state index contributed by atoms with van der Waals surface area (Å²) < 4.78 is 0.818. The molecule has 0 aliphatic carbocycles. The Hall–Kier alpha value is -3.91. The summed E-state index contributed by atoms with van der Waals surface area (Å²) in [5.41, 5.74) is 11.0. The molecule has 5 aromatic carbocycles. The van der Waals surface area contributed by atoms with Gasteiger partial charge in [-0.25, -0.2) is 0 Å². The largest absolute Gasteiger partial charge is 0.123 e. The molecule has 0 spiro atoms. The number of benzene rings is 5. The molecular formula is C34H23ClS. The van der Waals surface area contributed by atoms with E-state index >= 15 is 0 Å². The molecule has 0 atom stereocenters. The lowest BCUT2D eigenvalue weighted by Crippen LogP contribution is -1.83. The highest BCUT2D eigenvalue weighted by Gasteiger charge is 2.05. The zero-order chi connectivity index (χ0) is 24.3. The van der Waals surface area contributed by atoms with Crippen molar-refractivity contribution in [2.75, 3.05) is 0 Å². The van der Waals surface area contributed by atoms with Gasteiger partial charge in [0.05, 0.1) is 4.34 Å². The van der Waals surface area contributed by atoms with E-state index in [0.29, 0.717) is 0 Å². The third kappa shape index (κ3) is 4.77. The van der Waals surface area contributed by atoms with Gasteiger partial charge in [-0.05, 0) is 62.2 Å². The summed E-state index contributed by atoms with van der Waals surface area (Å²) in [5.74, 6) is 0. The van der Waals surface area contributed by atoms with Crippen molar-refractivity contribution >= 4 is 22.9 Å². The maximum atomic E-state index is 6.09. The van der Waals surface area contributed by atoms with E-state index in [1.54, 1.807) is 11.3 Å². The van der Waals surface area contributed by atoms with Crippen molar-refractivity contribution in [1.82, 2.24) is 0 Å². The van der Waals surface area contributed by atoms with E-state index in [1.807, 2.05) is 12.1 Å². The molecule has 36 heavy (non-hydrogen) atoms. The summed E-state index contributed by atoms with van der Waals surface area (Å²) in [6, 6.07) is 49.6. The normalized spacial score (nSPS) is 10.9. The SMILES string of the molecule is Clc1ccc(-c2ccc(-c3ccc(-c4ccc(-c5ccc(-c6ccccc6)cc5)cc4)cc3)cc2)s1. The predicted octanol–water partition coefficient (Wildman–Crippen LogP) is 10.7. The topological polar surface area (TPSA) is 0 Å². The lowest BCUT2D eigenvalue weighted by atomic mass is 9.97. The molecule has 0 bridgehead atoms. The third-order valence-electron chi connectivity index (χ3n) is 6.50. The van der Waals surface area contributed by atoms with Crippen LogP contribution in [0, 0.1) is 0 Å². The molecule has 0 fully saturated rings. The van der Waals surface area contributed by atoms with Gasteiger partial charge in [0, 0.05) is 4.88 Å². The van der Waals surface area contributed by atoms with Crippen molar-refractivity contribution in [2.45, 2.75) is 0 Å². The van der Waals surface area contributed by atoms with Crippen LogP contribution >= 0.6 is 22.9 Å². The van der Waals surface area contributed by atoms with Crippen LogP contribution in [0.1, 0.15) is 0 Å². The van der Waals surface area contributed by atoms with Gasteiger partial charge in [0.25, 0.3) is 0 Å². The fourth-order valence-corrected chi connectivity index (χ4v) is 5.54. The molecule has 0 N–H and O–H groups in total. The average Bonchev–Trinajstić information content (AvgIpc) is 3.40. The van der Waals surface area contributed by atoms with E-state index in [0.717, 1.165) is 4.34 Å². The molecule has 0 aliphatic rings. The molecule has 0 nitrogen and oxygen atoms in total. The van der Waals surface area contributed by atoms with E-state index in [-0.39, 0.29) is 0 Å². The molecule has 0 saturated carbocycles. The minimum absolute atomic E-state index is 0.818. The first-order valence-corrected chi connectivity index (χ1v) is 13.1. The van der Waals surface area contributed by atoms with Crippen LogP contribution < -0.4 is 0 Å². The predicted molar refractivity (Wildman–Crippen MR) is 157 cm³/mol. The maximum absolute atomic E-state index is 6.09. The molecular weight excluding hydrogens is 476 g/mol. The quantitative estimate of drug-likeness (QED) is 0.221. The van der Waals surface area contributed by atoms with Gasteiger partial charge in [0.2, 0.25) is 0 Å². The van der Waals surface area contributed by atoms with Crippen LogP contribution in [0.15, 0.2) is 140 Å². The van der Waals surface area contributed by atoms with Crippen molar-refractivity contribution in [3.05, 3.63) is 144 Å². The summed E-state index contributed by atoms with van der Waals surface area (Å²) in [4.78, 5) is 1.19. The first kappa shape index (κ1) is 22.5. The van der Waals surface area contributed by atoms with Crippen molar-refractivity contribution in [1.29, 1.82) is 0 Å². The van der Waals surface area contributed by atoms with Crippen LogP contribution in [0.3, 0.4) is 0 Å². The highest BCUT2D eigenvalue weighted by Crippen LogP contribution is 2.33. The Kier molecular flexibility index (Phi) is 6.26. The Morgan fingerprint density at radius 3 is 0.917 bits per heavy atom. The van der Waals surface area contributed by atoms with Gasteiger partial charge in [-0.3, -0.25) is 0 Å². The van der Waals surface area contributed by atoms with Crippen LogP contribution in [0.4, 0.5) is 0 Å². The molecule has 1 aromatic heterocycles. The minimum atomic E-state index is 0.818. The second kappa shape index (κ2) is 9.99. The second-order valence-corrected chi connectivity index (χ2v) is 10.5. The maximum Gasteiger partial charge on any atom is 0.0934 e. The van der Waals surface area contributed by atoms with E-state index in [2.05, 4.69) is 127 Å². The average molecular weight is 499 g/mol. The Morgan fingerprint density at radius 1 is 0.306 bits per heavy atom. The van der Waals surface area contributed by atoms with Crippen molar-refractivity contribution in [3.63, 3.8) is 0 Å². The molecule has 0 saturated heterocycles. The molecule has 6 aromatic rings. The van der Waals surface area contributed by atoms with E-state index in [1.165, 1.54) is 54.9 Å². The summed E-state index contributed by atoms with van der Waals surface area (Å²) in [6.07, 6.45) is 0. The second-order valence-electron chi connectivity index (χ2n) is 8.78. The van der Waals surface area contributed by atoms with Gasteiger partial charge in [-0.15, -0.1) is 11.3 Å². The number of hydrogen-bond acceptors (Lipinski definition) is 1. The van der Waals surface area contributed by atoms with Crippen LogP contribution in [0.2, 0.25) is 4.34 Å². The fourth-order valence-electron chi connectivity index (χ4n) is 4.49. The third-order valence-corrected chi connectivity index (χ3v) is 7.78. The number of thiophene rings is 1. The number of rotatable bonds is 5. The zero-order valence-electron chi connectivity index (χ0n) is 19.6. The van der Waals surface area contributed by atoms with Gasteiger partial charge < -0.3 is 0 Å². The minimum Gasteiger partial charge on any atom is -0.123 e. The van der Waals surface area contributed by atoms with Gasteiger partial charge >= 0.3 is 0 Å². The van der Waals surface area contributed by atoms with Crippen LogP contribution in [0.5, 0.6) is 0 Å². The number of halogens is 1. The Balaban J connectivity index is 1.17. The standard InChI is InChI=1S/C34H23ClS/c35-34-23-22-33(36-34)32-20-18-31(19-21-32)30-16-14-29(15-17-30)28-12-10-27(11-13-28)26-8-6-25(7-9-26)24-4-2-1-3-5-24/h1-23H. The van der Waals surface area contributed by atoms with Crippen molar-refractivity contribution in [3.8, 4) is 54.9 Å². The highest BCUT2D eigenvalue weighted by molar-refractivity contribution is 7.19. The Labute approximate surface area is 221 Å². The lowest BCUT2D eigenvalue weighted by Gasteiger charge is -2.08.